The Labute approximate surface area is 123 Å². The summed E-state index contributed by atoms with van der Waals surface area (Å²) in [5.41, 5.74) is 1.05. The zero-order valence-corrected chi connectivity index (χ0v) is 12.7. The van der Waals surface area contributed by atoms with Crippen LogP contribution < -0.4 is 0 Å². The van der Waals surface area contributed by atoms with E-state index < -0.39 is 0 Å². The summed E-state index contributed by atoms with van der Waals surface area (Å²) >= 11 is 5.40. The van der Waals surface area contributed by atoms with Gasteiger partial charge >= 0.3 is 0 Å². The molecule has 0 saturated heterocycles. The first-order chi connectivity index (χ1) is 9.62. The van der Waals surface area contributed by atoms with E-state index in [4.69, 9.17) is 12.2 Å². The Hall–Kier alpha value is -1.53. The standard InChI is InChI=1S/C14H19N5S/c1-18(2)14(7-5-8-14)10-19-12(16-17-13(19)20)11-6-3-4-9-15-11/h3-4,6,9H,5,7-8,10H2,1-2H3,(H,17,20). The lowest BCUT2D eigenvalue weighted by Crippen LogP contribution is -2.53. The minimum Gasteiger partial charge on any atom is -0.302 e. The molecule has 1 fully saturated rings. The number of nitrogens with one attached hydrogen (secondary N) is 1. The number of nitrogens with zero attached hydrogens (tertiary/aromatic N) is 4. The third kappa shape index (κ3) is 2.19. The average molecular weight is 289 g/mol. The number of likely N-dealkylation sites (N-methyl/N-ethyl adjacent to an activating group) is 1. The highest BCUT2D eigenvalue weighted by molar-refractivity contribution is 7.71. The van der Waals surface area contributed by atoms with Crippen molar-refractivity contribution in [3.8, 4) is 11.5 Å². The summed E-state index contributed by atoms with van der Waals surface area (Å²) in [5, 5.41) is 7.26. The molecule has 1 aliphatic rings. The number of hydrogen-bond acceptors (Lipinski definition) is 4. The van der Waals surface area contributed by atoms with Gasteiger partial charge in [-0.05, 0) is 57.7 Å². The summed E-state index contributed by atoms with van der Waals surface area (Å²) < 4.78 is 2.75. The van der Waals surface area contributed by atoms with Gasteiger partial charge in [0.1, 0.15) is 5.69 Å². The molecule has 3 rings (SSSR count). The molecule has 0 unspecified atom stereocenters. The molecular formula is C14H19N5S. The van der Waals surface area contributed by atoms with Crippen molar-refractivity contribution in [2.24, 2.45) is 0 Å². The number of hydrogen-bond donors (Lipinski definition) is 1. The van der Waals surface area contributed by atoms with Crippen molar-refractivity contribution in [2.45, 2.75) is 31.3 Å². The number of rotatable bonds is 4. The first-order valence-corrected chi connectivity index (χ1v) is 7.27. The smallest absolute Gasteiger partial charge is 0.195 e. The molecule has 2 heterocycles. The van der Waals surface area contributed by atoms with E-state index in [0.29, 0.717) is 4.77 Å². The van der Waals surface area contributed by atoms with Crippen molar-refractivity contribution in [3.05, 3.63) is 29.2 Å². The number of aromatic nitrogens is 4. The van der Waals surface area contributed by atoms with E-state index in [0.717, 1.165) is 18.1 Å². The monoisotopic (exact) mass is 289 g/mol. The molecule has 1 saturated carbocycles. The second kappa shape index (κ2) is 5.10. The molecule has 106 valence electrons. The maximum atomic E-state index is 5.40. The molecule has 0 radical (unpaired) electrons. The quantitative estimate of drug-likeness (QED) is 0.879. The Balaban J connectivity index is 1.98. The topological polar surface area (TPSA) is 49.7 Å². The summed E-state index contributed by atoms with van der Waals surface area (Å²) in [5.74, 6) is 0.823. The van der Waals surface area contributed by atoms with Crippen molar-refractivity contribution < 1.29 is 0 Å². The SMILES string of the molecule is CN(C)C1(Cn2c(-c3ccccn3)n[nH]c2=S)CCC1. The summed E-state index contributed by atoms with van der Waals surface area (Å²) in [6, 6.07) is 5.84. The first-order valence-electron chi connectivity index (χ1n) is 6.86. The third-order valence-corrected chi connectivity index (χ3v) is 4.65. The second-order valence-corrected chi connectivity index (χ2v) is 6.01. The van der Waals surface area contributed by atoms with Crippen LogP contribution in [0.15, 0.2) is 24.4 Å². The molecule has 2 aromatic rings. The molecule has 2 aromatic heterocycles. The van der Waals surface area contributed by atoms with Crippen LogP contribution in [0.3, 0.4) is 0 Å². The molecule has 0 bridgehead atoms. The van der Waals surface area contributed by atoms with E-state index in [1.54, 1.807) is 6.20 Å². The Bertz CT molecular complexity index is 639. The van der Waals surface area contributed by atoms with E-state index in [-0.39, 0.29) is 5.54 Å². The van der Waals surface area contributed by atoms with Gasteiger partial charge in [-0.25, -0.2) is 0 Å². The summed E-state index contributed by atoms with van der Waals surface area (Å²) in [6.45, 7) is 0.862. The largest absolute Gasteiger partial charge is 0.302 e. The molecular weight excluding hydrogens is 270 g/mol. The van der Waals surface area contributed by atoms with Crippen molar-refractivity contribution >= 4 is 12.2 Å². The van der Waals surface area contributed by atoms with Gasteiger partial charge < -0.3 is 4.90 Å². The fourth-order valence-electron chi connectivity index (χ4n) is 2.78. The molecule has 1 N–H and O–H groups in total. The summed E-state index contributed by atoms with van der Waals surface area (Å²) in [7, 11) is 4.28. The van der Waals surface area contributed by atoms with Crippen molar-refractivity contribution in [2.75, 3.05) is 14.1 Å². The van der Waals surface area contributed by atoms with Crippen LogP contribution in [0, 0.1) is 4.77 Å². The Morgan fingerprint density at radius 3 is 2.75 bits per heavy atom. The Kier molecular flexibility index (Phi) is 3.43. The lowest BCUT2D eigenvalue weighted by molar-refractivity contribution is 0.0424. The van der Waals surface area contributed by atoms with Gasteiger partial charge in [0.2, 0.25) is 0 Å². The van der Waals surface area contributed by atoms with E-state index >= 15 is 0 Å². The highest BCUT2D eigenvalue weighted by atomic mass is 32.1. The molecule has 6 heteroatoms. The molecule has 5 nitrogen and oxygen atoms in total. The van der Waals surface area contributed by atoms with E-state index in [9.17, 15) is 0 Å². The Morgan fingerprint density at radius 2 is 2.20 bits per heavy atom. The normalized spacial score (nSPS) is 17.1. The first kappa shape index (κ1) is 13.5. The molecule has 1 aliphatic carbocycles. The lowest BCUT2D eigenvalue weighted by atomic mass is 9.75. The molecule has 20 heavy (non-hydrogen) atoms. The molecule has 0 aromatic carbocycles. The van der Waals surface area contributed by atoms with Crippen molar-refractivity contribution in [1.29, 1.82) is 0 Å². The molecule has 0 spiro atoms. The average Bonchev–Trinajstić information content (AvgIpc) is 2.75. The fourth-order valence-corrected chi connectivity index (χ4v) is 2.98. The third-order valence-electron chi connectivity index (χ3n) is 4.34. The van der Waals surface area contributed by atoms with Gasteiger partial charge in [0, 0.05) is 18.3 Å². The zero-order chi connectivity index (χ0) is 14.2. The number of pyridine rings is 1. The van der Waals surface area contributed by atoms with Crippen LogP contribution in [-0.4, -0.2) is 44.3 Å². The van der Waals surface area contributed by atoms with E-state index in [2.05, 4.69) is 38.7 Å². The van der Waals surface area contributed by atoms with Crippen molar-refractivity contribution in [3.63, 3.8) is 0 Å². The van der Waals surface area contributed by atoms with Crippen LogP contribution in [0.1, 0.15) is 19.3 Å². The van der Waals surface area contributed by atoms with Gasteiger partial charge in [-0.1, -0.05) is 6.07 Å². The van der Waals surface area contributed by atoms with Gasteiger partial charge in [0.05, 0.1) is 0 Å². The van der Waals surface area contributed by atoms with Crippen LogP contribution in [0.25, 0.3) is 11.5 Å². The van der Waals surface area contributed by atoms with Gasteiger partial charge in [-0.3, -0.25) is 14.6 Å². The molecule has 0 atom stereocenters. The van der Waals surface area contributed by atoms with Crippen LogP contribution in [-0.2, 0) is 6.54 Å². The van der Waals surface area contributed by atoms with Crippen LogP contribution in [0.5, 0.6) is 0 Å². The predicted octanol–water partition coefficient (Wildman–Crippen LogP) is 2.49. The van der Waals surface area contributed by atoms with E-state index in [1.807, 2.05) is 18.2 Å². The highest BCUT2D eigenvalue weighted by Crippen LogP contribution is 2.38. The second-order valence-electron chi connectivity index (χ2n) is 5.63. The van der Waals surface area contributed by atoms with Crippen molar-refractivity contribution in [1.82, 2.24) is 24.6 Å². The summed E-state index contributed by atoms with van der Waals surface area (Å²) in [4.78, 5) is 6.69. The lowest BCUT2D eigenvalue weighted by Gasteiger charge is -2.47. The van der Waals surface area contributed by atoms with Crippen LogP contribution in [0.2, 0.25) is 0 Å². The minimum atomic E-state index is 0.200. The molecule has 0 amide bonds. The maximum absolute atomic E-state index is 5.40. The minimum absolute atomic E-state index is 0.200. The van der Waals surface area contributed by atoms with Gasteiger partial charge in [0.25, 0.3) is 0 Å². The predicted molar refractivity (Wildman–Crippen MR) is 80.9 cm³/mol. The maximum Gasteiger partial charge on any atom is 0.195 e. The van der Waals surface area contributed by atoms with Crippen LogP contribution >= 0.6 is 12.2 Å². The van der Waals surface area contributed by atoms with Gasteiger partial charge in [-0.15, -0.1) is 0 Å². The Morgan fingerprint density at radius 1 is 1.40 bits per heavy atom. The van der Waals surface area contributed by atoms with Gasteiger partial charge in [-0.2, -0.15) is 5.10 Å². The summed E-state index contributed by atoms with van der Waals surface area (Å²) in [6.07, 6.45) is 5.47. The highest BCUT2D eigenvalue weighted by Gasteiger charge is 2.40. The van der Waals surface area contributed by atoms with E-state index in [1.165, 1.54) is 19.3 Å². The number of aromatic amines is 1. The zero-order valence-electron chi connectivity index (χ0n) is 11.8. The number of H-pyrrole nitrogens is 1. The van der Waals surface area contributed by atoms with Gasteiger partial charge in [0.15, 0.2) is 10.6 Å². The fraction of sp³-hybridized carbons (Fsp3) is 0.500. The van der Waals surface area contributed by atoms with Crippen LogP contribution in [0.4, 0.5) is 0 Å². The molecule has 0 aliphatic heterocycles.